The van der Waals surface area contributed by atoms with Crippen LogP contribution in [0.5, 0.6) is 11.5 Å². The normalized spacial score (nSPS) is 10.2. The molecule has 5 heteroatoms. The Kier molecular flexibility index (Phi) is 5.86. The Morgan fingerprint density at radius 2 is 1.91 bits per heavy atom. The molecule has 0 radical (unpaired) electrons. The lowest BCUT2D eigenvalue weighted by molar-refractivity contribution is 0.234. The standard InChI is InChI=1S/C18H22N2O3/c1-3-4-14-6-8-15(9-7-14)23-12-19-18(22)20-16-10-5-13(2)11-17(16)21/h5-11,21H,3-4,12H2,1-2H3,(H2,19,20,22). The number of urea groups is 1. The number of phenolic OH excluding ortho intramolecular Hbond substituents is 1. The molecule has 5 nitrogen and oxygen atoms in total. The van der Waals surface area contributed by atoms with E-state index >= 15 is 0 Å². The van der Waals surface area contributed by atoms with Crippen LogP contribution in [0.4, 0.5) is 10.5 Å². The van der Waals surface area contributed by atoms with E-state index in [0.717, 1.165) is 18.4 Å². The van der Waals surface area contributed by atoms with Gasteiger partial charge >= 0.3 is 6.03 Å². The molecule has 0 aromatic heterocycles. The van der Waals surface area contributed by atoms with Gasteiger partial charge in [0.15, 0.2) is 6.73 Å². The molecule has 0 aliphatic carbocycles. The molecule has 122 valence electrons. The maximum absolute atomic E-state index is 11.8. The number of amides is 2. The van der Waals surface area contributed by atoms with Gasteiger partial charge in [-0.15, -0.1) is 0 Å². The molecule has 0 saturated heterocycles. The number of carbonyl (C=O) groups excluding carboxylic acids is 1. The topological polar surface area (TPSA) is 70.6 Å². The molecule has 0 atom stereocenters. The lowest BCUT2D eigenvalue weighted by atomic mass is 10.1. The van der Waals surface area contributed by atoms with E-state index in [4.69, 9.17) is 4.74 Å². The minimum atomic E-state index is -0.438. The highest BCUT2D eigenvalue weighted by Crippen LogP contribution is 2.23. The van der Waals surface area contributed by atoms with Crippen molar-refractivity contribution in [2.45, 2.75) is 26.7 Å². The van der Waals surface area contributed by atoms with Gasteiger partial charge in [0, 0.05) is 0 Å². The molecule has 0 aliphatic rings. The molecule has 0 fully saturated rings. The van der Waals surface area contributed by atoms with Crippen molar-refractivity contribution < 1.29 is 14.6 Å². The zero-order valence-electron chi connectivity index (χ0n) is 13.4. The van der Waals surface area contributed by atoms with Crippen LogP contribution in [0.15, 0.2) is 42.5 Å². The zero-order valence-corrected chi connectivity index (χ0v) is 13.4. The van der Waals surface area contributed by atoms with Crippen LogP contribution >= 0.6 is 0 Å². The first kappa shape index (κ1) is 16.7. The van der Waals surface area contributed by atoms with Crippen molar-refractivity contribution in [1.82, 2.24) is 5.32 Å². The number of hydrogen-bond acceptors (Lipinski definition) is 3. The largest absolute Gasteiger partial charge is 0.506 e. The quantitative estimate of drug-likeness (QED) is 0.561. The monoisotopic (exact) mass is 314 g/mol. The average Bonchev–Trinajstić information content (AvgIpc) is 2.52. The van der Waals surface area contributed by atoms with Gasteiger partial charge in [0.2, 0.25) is 0 Å². The van der Waals surface area contributed by atoms with Gasteiger partial charge in [0.25, 0.3) is 0 Å². The number of hydrogen-bond donors (Lipinski definition) is 3. The summed E-state index contributed by atoms with van der Waals surface area (Å²) in [6, 6.07) is 12.4. The molecule has 2 amide bonds. The van der Waals surface area contributed by atoms with Crippen molar-refractivity contribution in [3.8, 4) is 11.5 Å². The van der Waals surface area contributed by atoms with Gasteiger partial charge in [-0.2, -0.15) is 0 Å². The highest BCUT2D eigenvalue weighted by molar-refractivity contribution is 5.90. The molecule has 0 unspecified atom stereocenters. The molecular weight excluding hydrogens is 292 g/mol. The molecule has 0 bridgehead atoms. The van der Waals surface area contributed by atoms with Gasteiger partial charge in [0.1, 0.15) is 11.5 Å². The molecule has 2 aromatic rings. The van der Waals surface area contributed by atoms with Gasteiger partial charge in [-0.1, -0.05) is 31.5 Å². The fourth-order valence-corrected chi connectivity index (χ4v) is 2.14. The molecule has 2 rings (SSSR count). The number of ether oxygens (including phenoxy) is 1. The van der Waals surface area contributed by atoms with Crippen molar-refractivity contribution in [2.24, 2.45) is 0 Å². The summed E-state index contributed by atoms with van der Waals surface area (Å²) in [5, 5.41) is 14.9. The fraction of sp³-hybridized carbons (Fsp3) is 0.278. The molecule has 0 saturated carbocycles. The van der Waals surface area contributed by atoms with Gasteiger partial charge in [-0.05, 0) is 48.7 Å². The van der Waals surface area contributed by atoms with E-state index in [2.05, 4.69) is 17.6 Å². The summed E-state index contributed by atoms with van der Waals surface area (Å²) in [6.07, 6.45) is 2.15. The van der Waals surface area contributed by atoms with E-state index in [-0.39, 0.29) is 12.5 Å². The number of rotatable bonds is 6. The van der Waals surface area contributed by atoms with Crippen LogP contribution in [0.25, 0.3) is 0 Å². The van der Waals surface area contributed by atoms with E-state index in [1.807, 2.05) is 37.3 Å². The molecule has 23 heavy (non-hydrogen) atoms. The fourth-order valence-electron chi connectivity index (χ4n) is 2.14. The number of carbonyl (C=O) groups is 1. The first-order valence-corrected chi connectivity index (χ1v) is 7.64. The van der Waals surface area contributed by atoms with Crippen LogP contribution in [0, 0.1) is 6.92 Å². The highest BCUT2D eigenvalue weighted by atomic mass is 16.5. The molecule has 0 heterocycles. The van der Waals surface area contributed by atoms with E-state index in [9.17, 15) is 9.90 Å². The summed E-state index contributed by atoms with van der Waals surface area (Å²) in [5.41, 5.74) is 2.54. The predicted octanol–water partition coefficient (Wildman–Crippen LogP) is 3.81. The van der Waals surface area contributed by atoms with E-state index in [0.29, 0.717) is 11.4 Å². The summed E-state index contributed by atoms with van der Waals surface area (Å²) in [7, 11) is 0. The second-order valence-electron chi connectivity index (χ2n) is 5.33. The Labute approximate surface area is 136 Å². The van der Waals surface area contributed by atoms with Crippen LogP contribution in [0.2, 0.25) is 0 Å². The number of nitrogens with one attached hydrogen (secondary N) is 2. The minimum Gasteiger partial charge on any atom is -0.506 e. The number of aromatic hydroxyl groups is 1. The van der Waals surface area contributed by atoms with E-state index in [1.54, 1.807) is 12.1 Å². The van der Waals surface area contributed by atoms with E-state index < -0.39 is 6.03 Å². The lowest BCUT2D eigenvalue weighted by Gasteiger charge is -2.11. The van der Waals surface area contributed by atoms with Crippen LogP contribution in [-0.4, -0.2) is 17.9 Å². The third-order valence-corrected chi connectivity index (χ3v) is 3.34. The van der Waals surface area contributed by atoms with Crippen molar-refractivity contribution in [3.63, 3.8) is 0 Å². The van der Waals surface area contributed by atoms with Crippen molar-refractivity contribution in [1.29, 1.82) is 0 Å². The van der Waals surface area contributed by atoms with Crippen molar-refractivity contribution in [3.05, 3.63) is 53.6 Å². The Hall–Kier alpha value is -2.69. The third kappa shape index (κ3) is 5.21. The van der Waals surface area contributed by atoms with Crippen molar-refractivity contribution in [2.75, 3.05) is 12.0 Å². The zero-order chi connectivity index (χ0) is 16.7. The molecule has 2 aromatic carbocycles. The van der Waals surface area contributed by atoms with Crippen LogP contribution in [0.1, 0.15) is 24.5 Å². The minimum absolute atomic E-state index is 0.0348. The van der Waals surface area contributed by atoms with Gasteiger partial charge in [-0.3, -0.25) is 0 Å². The smallest absolute Gasteiger partial charge is 0.321 e. The summed E-state index contributed by atoms with van der Waals surface area (Å²) in [5.74, 6) is 0.732. The Morgan fingerprint density at radius 1 is 1.17 bits per heavy atom. The summed E-state index contributed by atoms with van der Waals surface area (Å²) in [6.45, 7) is 4.05. The van der Waals surface area contributed by atoms with Crippen LogP contribution in [-0.2, 0) is 6.42 Å². The SMILES string of the molecule is CCCc1ccc(OCNC(=O)Nc2ccc(C)cc2O)cc1. The first-order valence-electron chi connectivity index (χ1n) is 7.64. The number of anilines is 1. The van der Waals surface area contributed by atoms with Gasteiger partial charge < -0.3 is 20.5 Å². The molecular formula is C18H22N2O3. The second-order valence-corrected chi connectivity index (χ2v) is 5.33. The molecule has 0 aliphatic heterocycles. The predicted molar refractivity (Wildman–Crippen MR) is 90.9 cm³/mol. The summed E-state index contributed by atoms with van der Waals surface area (Å²) >= 11 is 0. The maximum atomic E-state index is 11.8. The van der Waals surface area contributed by atoms with Gasteiger partial charge in [-0.25, -0.2) is 4.79 Å². The lowest BCUT2D eigenvalue weighted by Crippen LogP contribution is -2.32. The third-order valence-electron chi connectivity index (χ3n) is 3.34. The first-order chi connectivity index (χ1) is 11.1. The van der Waals surface area contributed by atoms with Crippen LogP contribution in [0.3, 0.4) is 0 Å². The Morgan fingerprint density at radius 3 is 2.57 bits per heavy atom. The number of aryl methyl sites for hydroxylation is 2. The summed E-state index contributed by atoms with van der Waals surface area (Å²) in [4.78, 5) is 11.8. The Balaban J connectivity index is 1.78. The number of phenols is 1. The van der Waals surface area contributed by atoms with Crippen molar-refractivity contribution >= 4 is 11.7 Å². The van der Waals surface area contributed by atoms with Gasteiger partial charge in [0.05, 0.1) is 5.69 Å². The van der Waals surface area contributed by atoms with E-state index in [1.165, 1.54) is 5.56 Å². The number of benzene rings is 2. The Bertz CT molecular complexity index is 654. The highest BCUT2D eigenvalue weighted by Gasteiger charge is 2.06. The maximum Gasteiger partial charge on any atom is 0.321 e. The average molecular weight is 314 g/mol. The van der Waals surface area contributed by atoms with Crippen LogP contribution < -0.4 is 15.4 Å². The second kappa shape index (κ2) is 8.08. The summed E-state index contributed by atoms with van der Waals surface area (Å²) < 4.78 is 5.46. The molecule has 0 spiro atoms. The molecule has 3 N–H and O–H groups in total.